The van der Waals surface area contributed by atoms with Gasteiger partial charge in [-0.15, -0.1) is 0 Å². The van der Waals surface area contributed by atoms with Crippen molar-refractivity contribution in [1.82, 2.24) is 0 Å². The lowest BCUT2D eigenvalue weighted by Crippen LogP contribution is -2.14. The summed E-state index contributed by atoms with van der Waals surface area (Å²) in [7, 11) is 1.49. The van der Waals surface area contributed by atoms with Gasteiger partial charge in [0.15, 0.2) is 0 Å². The molecule has 0 radical (unpaired) electrons. The van der Waals surface area contributed by atoms with E-state index in [1.807, 2.05) is 13.8 Å². The van der Waals surface area contributed by atoms with Crippen molar-refractivity contribution >= 4 is 17.7 Å². The van der Waals surface area contributed by atoms with Crippen LogP contribution in [0.3, 0.4) is 0 Å². The average Bonchev–Trinajstić information content (AvgIpc) is 2.65. The highest BCUT2D eigenvalue weighted by molar-refractivity contribution is 6.09. The second-order valence-corrected chi connectivity index (χ2v) is 6.27. The molecule has 2 aromatic carbocycles. The van der Waals surface area contributed by atoms with Crippen molar-refractivity contribution in [2.45, 2.75) is 26.1 Å². The standard InChI is InChI=1S/C21H19F3N2O3/c1-13(2)29-19-11-18(28-3)8-7-14(19)9-15(12-25)20(27)26-17-6-4-5-16(10-17)21(22,23)24/h4-11,13H,1-3H3,(H,26,27)/b15-9+. The van der Waals surface area contributed by atoms with Gasteiger partial charge in [0.2, 0.25) is 0 Å². The van der Waals surface area contributed by atoms with Crippen LogP contribution in [0.25, 0.3) is 6.08 Å². The minimum Gasteiger partial charge on any atom is -0.497 e. The summed E-state index contributed by atoms with van der Waals surface area (Å²) >= 11 is 0. The average molecular weight is 404 g/mol. The smallest absolute Gasteiger partial charge is 0.416 e. The Bertz CT molecular complexity index is 960. The Balaban J connectivity index is 2.33. The molecule has 0 aliphatic carbocycles. The third kappa shape index (κ3) is 6.01. The predicted molar refractivity (Wildman–Crippen MR) is 102 cm³/mol. The minimum atomic E-state index is -4.54. The summed E-state index contributed by atoms with van der Waals surface area (Å²) in [6, 6.07) is 10.8. The number of rotatable bonds is 6. The van der Waals surface area contributed by atoms with E-state index in [1.165, 1.54) is 25.3 Å². The lowest BCUT2D eigenvalue weighted by Gasteiger charge is -2.14. The van der Waals surface area contributed by atoms with Gasteiger partial charge in [-0.2, -0.15) is 18.4 Å². The highest BCUT2D eigenvalue weighted by Crippen LogP contribution is 2.31. The molecule has 1 amide bonds. The number of anilines is 1. The Hall–Kier alpha value is -3.47. The topological polar surface area (TPSA) is 71.3 Å². The van der Waals surface area contributed by atoms with Gasteiger partial charge in [-0.05, 0) is 50.3 Å². The van der Waals surface area contributed by atoms with Gasteiger partial charge in [0.05, 0.1) is 18.8 Å². The first-order chi connectivity index (χ1) is 13.6. The van der Waals surface area contributed by atoms with Crippen LogP contribution in [-0.2, 0) is 11.0 Å². The summed E-state index contributed by atoms with van der Waals surface area (Å²) in [6.07, 6.45) is -3.40. The van der Waals surface area contributed by atoms with Crippen LogP contribution in [0.15, 0.2) is 48.0 Å². The number of hydrogen-bond donors (Lipinski definition) is 1. The molecular weight excluding hydrogens is 385 g/mol. The quantitative estimate of drug-likeness (QED) is 0.540. The van der Waals surface area contributed by atoms with Crippen molar-refractivity contribution in [2.24, 2.45) is 0 Å². The number of hydrogen-bond acceptors (Lipinski definition) is 4. The second-order valence-electron chi connectivity index (χ2n) is 6.27. The molecule has 8 heteroatoms. The predicted octanol–water partition coefficient (Wildman–Crippen LogP) is 5.05. The Labute approximate surface area is 166 Å². The van der Waals surface area contributed by atoms with Crippen molar-refractivity contribution < 1.29 is 27.4 Å². The fourth-order valence-electron chi connectivity index (χ4n) is 2.39. The molecule has 0 unspecified atom stereocenters. The van der Waals surface area contributed by atoms with Gasteiger partial charge in [0.1, 0.15) is 23.1 Å². The second kappa shape index (κ2) is 9.15. The number of benzene rings is 2. The van der Waals surface area contributed by atoms with Gasteiger partial charge in [-0.25, -0.2) is 0 Å². The number of methoxy groups -OCH3 is 1. The van der Waals surface area contributed by atoms with Gasteiger partial charge in [0.25, 0.3) is 5.91 Å². The molecule has 0 atom stereocenters. The van der Waals surface area contributed by atoms with Gasteiger partial charge in [-0.3, -0.25) is 4.79 Å². The molecule has 5 nitrogen and oxygen atoms in total. The molecule has 0 aliphatic heterocycles. The van der Waals surface area contributed by atoms with Crippen LogP contribution in [0.5, 0.6) is 11.5 Å². The molecule has 0 saturated heterocycles. The molecule has 0 spiro atoms. The Morgan fingerprint density at radius 2 is 1.93 bits per heavy atom. The molecule has 0 aromatic heterocycles. The van der Waals surface area contributed by atoms with Crippen molar-refractivity contribution in [1.29, 1.82) is 5.26 Å². The number of nitrogens with one attached hydrogen (secondary N) is 1. The van der Waals surface area contributed by atoms with Gasteiger partial charge < -0.3 is 14.8 Å². The molecular formula is C21H19F3N2O3. The van der Waals surface area contributed by atoms with E-state index >= 15 is 0 Å². The molecule has 0 saturated carbocycles. The van der Waals surface area contributed by atoms with E-state index in [9.17, 15) is 23.2 Å². The zero-order valence-electron chi connectivity index (χ0n) is 16.0. The Morgan fingerprint density at radius 1 is 1.21 bits per heavy atom. The zero-order chi connectivity index (χ0) is 21.6. The molecule has 0 aliphatic rings. The maximum atomic E-state index is 12.8. The molecule has 0 bridgehead atoms. The van der Waals surface area contributed by atoms with Gasteiger partial charge in [-0.1, -0.05) is 6.07 Å². The number of nitriles is 1. The summed E-state index contributed by atoms with van der Waals surface area (Å²) in [5.74, 6) is 0.0989. The monoisotopic (exact) mass is 404 g/mol. The number of nitrogens with zero attached hydrogens (tertiary/aromatic N) is 1. The van der Waals surface area contributed by atoms with E-state index in [-0.39, 0.29) is 17.4 Å². The lowest BCUT2D eigenvalue weighted by atomic mass is 10.1. The first-order valence-electron chi connectivity index (χ1n) is 8.59. The molecule has 1 N–H and O–H groups in total. The van der Waals surface area contributed by atoms with Crippen LogP contribution in [0, 0.1) is 11.3 Å². The first-order valence-corrected chi connectivity index (χ1v) is 8.59. The molecule has 2 aromatic rings. The number of ether oxygens (including phenoxy) is 2. The van der Waals surface area contributed by atoms with Crippen molar-refractivity contribution in [3.63, 3.8) is 0 Å². The maximum absolute atomic E-state index is 12.8. The lowest BCUT2D eigenvalue weighted by molar-refractivity contribution is -0.137. The Kier molecular flexibility index (Phi) is 6.89. The summed E-state index contributed by atoms with van der Waals surface area (Å²) < 4.78 is 49.3. The van der Waals surface area contributed by atoms with Crippen LogP contribution in [0.2, 0.25) is 0 Å². The first kappa shape index (κ1) is 21.8. The normalized spacial score (nSPS) is 11.7. The van der Waals surface area contributed by atoms with E-state index in [0.717, 1.165) is 12.1 Å². The summed E-state index contributed by atoms with van der Waals surface area (Å²) in [4.78, 5) is 12.4. The van der Waals surface area contributed by atoms with E-state index < -0.39 is 17.6 Å². The molecule has 0 fully saturated rings. The van der Waals surface area contributed by atoms with E-state index in [0.29, 0.717) is 17.1 Å². The molecule has 29 heavy (non-hydrogen) atoms. The zero-order valence-corrected chi connectivity index (χ0v) is 16.0. The Morgan fingerprint density at radius 3 is 2.52 bits per heavy atom. The van der Waals surface area contributed by atoms with Gasteiger partial charge >= 0.3 is 6.18 Å². The third-order valence-corrected chi connectivity index (χ3v) is 3.70. The van der Waals surface area contributed by atoms with Crippen LogP contribution in [0.4, 0.5) is 18.9 Å². The minimum absolute atomic E-state index is 0.0700. The SMILES string of the molecule is COc1ccc(/C=C(\C#N)C(=O)Nc2cccc(C(F)(F)F)c2)c(OC(C)C)c1. The summed E-state index contributed by atoms with van der Waals surface area (Å²) in [5, 5.41) is 11.7. The number of alkyl halides is 3. The van der Waals surface area contributed by atoms with Crippen LogP contribution in [0.1, 0.15) is 25.0 Å². The molecule has 2 rings (SSSR count). The highest BCUT2D eigenvalue weighted by atomic mass is 19.4. The van der Waals surface area contributed by atoms with E-state index in [1.54, 1.807) is 24.3 Å². The van der Waals surface area contributed by atoms with Gasteiger partial charge in [0, 0.05) is 17.3 Å². The largest absolute Gasteiger partial charge is 0.497 e. The fraction of sp³-hybridized carbons (Fsp3) is 0.238. The number of carbonyl (C=O) groups excluding carboxylic acids is 1. The summed E-state index contributed by atoms with van der Waals surface area (Å²) in [6.45, 7) is 3.64. The van der Waals surface area contributed by atoms with E-state index in [2.05, 4.69) is 5.32 Å². The van der Waals surface area contributed by atoms with Crippen molar-refractivity contribution in [3.05, 3.63) is 59.2 Å². The third-order valence-electron chi connectivity index (χ3n) is 3.70. The van der Waals surface area contributed by atoms with Crippen LogP contribution >= 0.6 is 0 Å². The number of halogens is 3. The number of carbonyl (C=O) groups is 1. The summed E-state index contributed by atoms with van der Waals surface area (Å²) in [5.41, 5.74) is -0.809. The van der Waals surface area contributed by atoms with Crippen LogP contribution < -0.4 is 14.8 Å². The van der Waals surface area contributed by atoms with Crippen molar-refractivity contribution in [2.75, 3.05) is 12.4 Å². The number of amides is 1. The highest BCUT2D eigenvalue weighted by Gasteiger charge is 2.30. The molecule has 152 valence electrons. The van der Waals surface area contributed by atoms with Crippen LogP contribution in [-0.4, -0.2) is 19.1 Å². The molecule has 0 heterocycles. The van der Waals surface area contributed by atoms with E-state index in [4.69, 9.17) is 9.47 Å². The van der Waals surface area contributed by atoms with Crippen molar-refractivity contribution in [3.8, 4) is 17.6 Å². The maximum Gasteiger partial charge on any atom is 0.416 e. The fourth-order valence-corrected chi connectivity index (χ4v) is 2.39.